The van der Waals surface area contributed by atoms with Gasteiger partial charge < -0.3 is 0 Å². The zero-order valence-electron chi connectivity index (χ0n) is 2.99. The molecule has 6 heavy (non-hydrogen) atoms. The molecule has 0 bridgehead atoms. The molecule has 0 N–H and O–H groups in total. The van der Waals surface area contributed by atoms with Gasteiger partial charge in [0, 0.05) is 94.5 Å². The van der Waals surface area contributed by atoms with Crippen molar-refractivity contribution in [2.24, 2.45) is 0 Å². The zero-order valence-corrected chi connectivity index (χ0v) is 13.6. The molecule has 0 spiro atoms. The number of rotatable bonds is 0. The van der Waals surface area contributed by atoms with Crippen molar-refractivity contribution in [1.82, 2.24) is 0 Å². The first-order valence-corrected chi connectivity index (χ1v) is 0. The van der Waals surface area contributed by atoms with Crippen LogP contribution in [0.1, 0.15) is 0 Å². The van der Waals surface area contributed by atoms with Gasteiger partial charge in [-0.25, -0.2) is 0 Å². The van der Waals surface area contributed by atoms with Gasteiger partial charge in [0.25, 0.3) is 0 Å². The molecule has 0 nitrogen and oxygen atoms in total. The molecular formula is H3CrMoNiSiVW. The van der Waals surface area contributed by atoms with Crippen LogP contribution in [0.5, 0.6) is 0 Å². The minimum Gasteiger partial charge on any atom is -0.0125 e. The van der Waals surface area contributed by atoms with Gasteiger partial charge in [-0.2, -0.15) is 0 Å². The fourth-order valence-electron chi connectivity index (χ4n) is 0. The Hall–Kier alpha value is 3.20. The van der Waals surface area contributed by atoms with Crippen molar-refractivity contribution in [3.8, 4) is 0 Å². The zero-order chi connectivity index (χ0) is 0. The molecule has 40 valence electrons. The van der Waals surface area contributed by atoms with E-state index in [0.29, 0.717) is 0 Å². The van der Waals surface area contributed by atoms with Crippen molar-refractivity contribution in [2.45, 2.75) is 0 Å². The maximum atomic E-state index is 0. The van der Waals surface area contributed by atoms with Crippen LogP contribution < -0.4 is 0 Å². The minimum absolute atomic E-state index is 0. The van der Waals surface area contributed by atoms with Crippen LogP contribution >= 0.6 is 0 Å². The van der Waals surface area contributed by atoms with Gasteiger partial charge in [0.05, 0.1) is 0 Å². The first kappa shape index (κ1) is 60.3. The second-order valence-electron chi connectivity index (χ2n) is 0. The van der Waals surface area contributed by atoms with Crippen LogP contribution in [-0.4, -0.2) is 11.0 Å². The van der Waals surface area contributed by atoms with Crippen molar-refractivity contribution < 1.29 is 94.5 Å². The predicted molar refractivity (Wildman–Crippen MR) is 9.94 cm³/mol. The van der Waals surface area contributed by atoms with Crippen LogP contribution in [0.15, 0.2) is 0 Å². The Labute approximate surface area is 104 Å². The Kier molecular flexibility index (Phi) is 417. The average molecular weight is 473 g/mol. The quantitative estimate of drug-likeness (QED) is 0.389. The molecule has 6 heteroatoms. The van der Waals surface area contributed by atoms with Gasteiger partial charge in [0.2, 0.25) is 0 Å². The first-order chi connectivity index (χ1) is 0. The molecule has 0 aromatic carbocycles. The smallest absolute Gasteiger partial charge is 0 e. The van der Waals surface area contributed by atoms with Gasteiger partial charge >= 0.3 is 0 Å². The minimum atomic E-state index is 0. The largest absolute Gasteiger partial charge is 0.0125 e. The van der Waals surface area contributed by atoms with Crippen molar-refractivity contribution in [3.05, 3.63) is 0 Å². The van der Waals surface area contributed by atoms with E-state index in [1.54, 1.807) is 0 Å². The predicted octanol–water partition coefficient (Wildman–Crippen LogP) is -1.20. The van der Waals surface area contributed by atoms with Gasteiger partial charge in [-0.15, -0.1) is 0 Å². The van der Waals surface area contributed by atoms with Crippen LogP contribution in [-0.2, 0) is 94.5 Å². The molecule has 0 aromatic rings. The SMILES string of the molecule is [Cr].[Mo].[Ni].[SiH3].[V].[W]. The molecule has 0 saturated heterocycles. The second kappa shape index (κ2) is 41.5. The Bertz CT molecular complexity index is 15.5. The van der Waals surface area contributed by atoms with Crippen molar-refractivity contribution in [2.75, 3.05) is 0 Å². The normalized spacial score (nSPS) is 0. The van der Waals surface area contributed by atoms with Crippen LogP contribution in [0.2, 0.25) is 0 Å². The summed E-state index contributed by atoms with van der Waals surface area (Å²) in [6, 6.07) is 0. The summed E-state index contributed by atoms with van der Waals surface area (Å²) >= 11 is 0. The summed E-state index contributed by atoms with van der Waals surface area (Å²) in [5, 5.41) is 0. The Morgan fingerprint density at radius 3 is 1.00 bits per heavy atom. The van der Waals surface area contributed by atoms with E-state index in [1.807, 2.05) is 0 Å². The molecule has 0 amide bonds. The van der Waals surface area contributed by atoms with Crippen molar-refractivity contribution in [3.63, 3.8) is 0 Å². The van der Waals surface area contributed by atoms with Crippen LogP contribution in [0.25, 0.3) is 0 Å². The molecular weight excluding hydrogens is 469 g/mol. The summed E-state index contributed by atoms with van der Waals surface area (Å²) in [6.07, 6.45) is 0. The third-order valence-electron chi connectivity index (χ3n) is 0. The van der Waals surface area contributed by atoms with E-state index in [1.165, 1.54) is 0 Å². The van der Waals surface area contributed by atoms with Gasteiger partial charge in [0.15, 0.2) is 0 Å². The first-order valence-electron chi connectivity index (χ1n) is 0. The molecule has 0 atom stereocenters. The maximum Gasteiger partial charge on any atom is 0 e. The summed E-state index contributed by atoms with van der Waals surface area (Å²) < 4.78 is 0. The van der Waals surface area contributed by atoms with E-state index in [0.717, 1.165) is 0 Å². The molecule has 0 saturated carbocycles. The standard InChI is InChI=1S/Cr.Mo.Ni.H3Si.V.W/h;;;1H3;;. The van der Waals surface area contributed by atoms with Gasteiger partial charge in [-0.05, 0) is 11.0 Å². The molecule has 2 radical (unpaired) electrons. The van der Waals surface area contributed by atoms with E-state index < -0.39 is 0 Å². The Balaban J connectivity index is 0. The Morgan fingerprint density at radius 2 is 1.00 bits per heavy atom. The van der Waals surface area contributed by atoms with Crippen LogP contribution in [0.4, 0.5) is 0 Å². The molecule has 0 aliphatic carbocycles. The second-order valence-corrected chi connectivity index (χ2v) is 0. The monoisotopic (exact) mass is 474 g/mol. The molecule has 0 aliphatic rings. The number of hydrogen-bond acceptors (Lipinski definition) is 0. The summed E-state index contributed by atoms with van der Waals surface area (Å²) in [5.41, 5.74) is 0. The third kappa shape index (κ3) is 27.0. The summed E-state index contributed by atoms with van der Waals surface area (Å²) in [6.45, 7) is 0. The van der Waals surface area contributed by atoms with E-state index in [2.05, 4.69) is 0 Å². The Morgan fingerprint density at radius 1 is 1.00 bits per heavy atom. The van der Waals surface area contributed by atoms with Crippen LogP contribution in [0, 0.1) is 0 Å². The molecule has 0 aromatic heterocycles. The van der Waals surface area contributed by atoms with Gasteiger partial charge in [-0.1, -0.05) is 0 Å². The summed E-state index contributed by atoms with van der Waals surface area (Å²) in [4.78, 5) is 0. The van der Waals surface area contributed by atoms with E-state index >= 15 is 0 Å². The van der Waals surface area contributed by atoms with Crippen molar-refractivity contribution >= 4 is 11.0 Å². The molecule has 0 aliphatic heterocycles. The van der Waals surface area contributed by atoms with Gasteiger partial charge in [0.1, 0.15) is 0 Å². The molecule has 0 heterocycles. The maximum absolute atomic E-state index is 0. The average Bonchev–Trinajstić information content (AvgIpc) is 0. The molecule has 0 fully saturated rings. The number of hydrogen-bond donors (Lipinski definition) is 0. The third-order valence-corrected chi connectivity index (χ3v) is 0. The topological polar surface area (TPSA) is 0 Å². The van der Waals surface area contributed by atoms with E-state index in [4.69, 9.17) is 0 Å². The summed E-state index contributed by atoms with van der Waals surface area (Å²) in [7, 11) is 0. The molecule has 0 rings (SSSR count). The molecule has 0 unspecified atom stereocenters. The van der Waals surface area contributed by atoms with E-state index in [9.17, 15) is 0 Å². The van der Waals surface area contributed by atoms with Gasteiger partial charge in [-0.3, -0.25) is 0 Å². The van der Waals surface area contributed by atoms with Crippen LogP contribution in [0.3, 0.4) is 0 Å². The van der Waals surface area contributed by atoms with Crippen molar-refractivity contribution in [1.29, 1.82) is 0 Å². The fraction of sp³-hybridized carbons (Fsp3) is 0. The van der Waals surface area contributed by atoms with E-state index in [-0.39, 0.29) is 106 Å². The fourth-order valence-corrected chi connectivity index (χ4v) is 0. The summed E-state index contributed by atoms with van der Waals surface area (Å²) in [5.74, 6) is 0.